The Bertz CT molecular complexity index is 462. The summed E-state index contributed by atoms with van der Waals surface area (Å²) in [5.41, 5.74) is 7.02. The van der Waals surface area contributed by atoms with Crippen molar-refractivity contribution >= 4 is 28.6 Å². The molecule has 1 heterocycles. The molecule has 1 amide bonds. The number of amides is 1. The molecule has 1 aromatic carbocycles. The van der Waals surface area contributed by atoms with Gasteiger partial charge in [0.1, 0.15) is 0 Å². The molecular formula is C12H12N2OS. The van der Waals surface area contributed by atoms with E-state index in [1.165, 1.54) is 0 Å². The van der Waals surface area contributed by atoms with Gasteiger partial charge in [-0.25, -0.2) is 0 Å². The van der Waals surface area contributed by atoms with Crippen LogP contribution < -0.4 is 11.1 Å². The fourth-order valence-electron chi connectivity index (χ4n) is 1.34. The minimum absolute atomic E-state index is 0.00720. The normalized spacial score (nSPS) is 10.0. The summed E-state index contributed by atoms with van der Waals surface area (Å²) in [7, 11) is 0. The summed E-state index contributed by atoms with van der Waals surface area (Å²) < 4.78 is 0. The standard InChI is InChI=1S/C12H12N2OS/c13-9-3-5-10(6-4-9)14-12(15)8-11-2-1-7-16-11/h1-7H,8,13H2,(H,14,15). The zero-order valence-corrected chi connectivity index (χ0v) is 9.46. The summed E-state index contributed by atoms with van der Waals surface area (Å²) in [5, 5.41) is 4.78. The summed E-state index contributed by atoms with van der Waals surface area (Å²) in [6, 6.07) is 11.0. The van der Waals surface area contributed by atoms with Crippen molar-refractivity contribution in [3.05, 3.63) is 46.7 Å². The maximum absolute atomic E-state index is 11.6. The Morgan fingerprint density at radius 1 is 1.25 bits per heavy atom. The molecule has 0 fully saturated rings. The molecule has 3 nitrogen and oxygen atoms in total. The summed E-state index contributed by atoms with van der Waals surface area (Å²) in [4.78, 5) is 12.7. The maximum atomic E-state index is 11.6. The lowest BCUT2D eigenvalue weighted by atomic mass is 10.2. The second-order valence-corrected chi connectivity index (χ2v) is 4.46. The van der Waals surface area contributed by atoms with Crippen LogP contribution in [0.3, 0.4) is 0 Å². The Morgan fingerprint density at radius 3 is 2.62 bits per heavy atom. The molecule has 3 N–H and O–H groups in total. The highest BCUT2D eigenvalue weighted by Crippen LogP contribution is 2.13. The molecule has 0 aliphatic heterocycles. The topological polar surface area (TPSA) is 55.1 Å². The number of carbonyl (C=O) groups excluding carboxylic acids is 1. The zero-order chi connectivity index (χ0) is 11.4. The van der Waals surface area contributed by atoms with E-state index < -0.39 is 0 Å². The van der Waals surface area contributed by atoms with Gasteiger partial charge in [-0.1, -0.05) is 6.07 Å². The van der Waals surface area contributed by atoms with Crippen molar-refractivity contribution in [3.8, 4) is 0 Å². The highest BCUT2D eigenvalue weighted by molar-refractivity contribution is 7.10. The molecule has 4 heteroatoms. The second kappa shape index (κ2) is 4.81. The molecule has 82 valence electrons. The number of rotatable bonds is 3. The van der Waals surface area contributed by atoms with Crippen LogP contribution in [0.25, 0.3) is 0 Å². The third kappa shape index (κ3) is 2.84. The van der Waals surface area contributed by atoms with Crippen LogP contribution in [0, 0.1) is 0 Å². The predicted molar refractivity (Wildman–Crippen MR) is 67.5 cm³/mol. The van der Waals surface area contributed by atoms with Crippen molar-refractivity contribution in [3.63, 3.8) is 0 Å². The molecule has 0 saturated heterocycles. The molecule has 2 rings (SSSR count). The van der Waals surface area contributed by atoms with Crippen LogP contribution >= 0.6 is 11.3 Å². The highest BCUT2D eigenvalue weighted by Gasteiger charge is 2.04. The quantitative estimate of drug-likeness (QED) is 0.799. The number of nitrogen functional groups attached to an aromatic ring is 1. The largest absolute Gasteiger partial charge is 0.399 e. The number of hydrogen-bond acceptors (Lipinski definition) is 3. The van der Waals surface area contributed by atoms with Crippen LogP contribution in [0.15, 0.2) is 41.8 Å². The van der Waals surface area contributed by atoms with Gasteiger partial charge in [0.2, 0.25) is 5.91 Å². The van der Waals surface area contributed by atoms with Gasteiger partial charge in [0.25, 0.3) is 0 Å². The number of nitrogens with one attached hydrogen (secondary N) is 1. The van der Waals surface area contributed by atoms with Crippen molar-refractivity contribution in [2.75, 3.05) is 11.1 Å². The predicted octanol–water partition coefficient (Wildman–Crippen LogP) is 2.51. The smallest absolute Gasteiger partial charge is 0.229 e. The molecule has 1 aromatic heterocycles. The third-order valence-electron chi connectivity index (χ3n) is 2.11. The third-order valence-corrected chi connectivity index (χ3v) is 2.99. The van der Waals surface area contributed by atoms with Crippen LogP contribution in [-0.2, 0) is 11.2 Å². The van der Waals surface area contributed by atoms with Gasteiger partial charge in [0.15, 0.2) is 0 Å². The van der Waals surface area contributed by atoms with E-state index in [0.29, 0.717) is 12.1 Å². The number of thiophene rings is 1. The number of hydrogen-bond donors (Lipinski definition) is 2. The highest BCUT2D eigenvalue weighted by atomic mass is 32.1. The molecule has 2 aromatic rings. The van der Waals surface area contributed by atoms with Crippen LogP contribution in [0.5, 0.6) is 0 Å². The number of benzene rings is 1. The molecule has 0 radical (unpaired) electrons. The van der Waals surface area contributed by atoms with E-state index in [0.717, 1.165) is 10.6 Å². The Labute approximate surface area is 97.9 Å². The summed E-state index contributed by atoms with van der Waals surface area (Å²) in [5.74, 6) is -0.00720. The maximum Gasteiger partial charge on any atom is 0.229 e. The van der Waals surface area contributed by atoms with Gasteiger partial charge in [-0.3, -0.25) is 4.79 Å². The molecule has 0 aliphatic rings. The SMILES string of the molecule is Nc1ccc(NC(=O)Cc2cccs2)cc1. The average molecular weight is 232 g/mol. The second-order valence-electron chi connectivity index (χ2n) is 3.43. The van der Waals surface area contributed by atoms with Gasteiger partial charge in [-0.15, -0.1) is 11.3 Å². The number of carbonyl (C=O) groups is 1. The van der Waals surface area contributed by atoms with Gasteiger partial charge in [-0.2, -0.15) is 0 Å². The van der Waals surface area contributed by atoms with Gasteiger partial charge < -0.3 is 11.1 Å². The van der Waals surface area contributed by atoms with E-state index in [1.54, 1.807) is 35.6 Å². The van der Waals surface area contributed by atoms with Crippen molar-refractivity contribution in [2.24, 2.45) is 0 Å². The van der Waals surface area contributed by atoms with Crippen LogP contribution in [0.4, 0.5) is 11.4 Å². The Kier molecular flexibility index (Phi) is 3.22. The van der Waals surface area contributed by atoms with E-state index in [2.05, 4.69) is 5.32 Å². The van der Waals surface area contributed by atoms with E-state index in [4.69, 9.17) is 5.73 Å². The fourth-order valence-corrected chi connectivity index (χ4v) is 2.05. The fraction of sp³-hybridized carbons (Fsp3) is 0.0833. The Morgan fingerprint density at radius 2 is 2.00 bits per heavy atom. The van der Waals surface area contributed by atoms with Crippen molar-refractivity contribution in [2.45, 2.75) is 6.42 Å². The lowest BCUT2D eigenvalue weighted by molar-refractivity contribution is -0.115. The monoisotopic (exact) mass is 232 g/mol. The molecule has 0 spiro atoms. The van der Waals surface area contributed by atoms with E-state index >= 15 is 0 Å². The van der Waals surface area contributed by atoms with Crippen molar-refractivity contribution in [1.29, 1.82) is 0 Å². The van der Waals surface area contributed by atoms with E-state index in [-0.39, 0.29) is 5.91 Å². The van der Waals surface area contributed by atoms with Gasteiger partial charge in [-0.05, 0) is 35.7 Å². The lowest BCUT2D eigenvalue weighted by Gasteiger charge is -2.04. The van der Waals surface area contributed by atoms with Gasteiger partial charge in [0.05, 0.1) is 6.42 Å². The van der Waals surface area contributed by atoms with Crippen molar-refractivity contribution < 1.29 is 4.79 Å². The molecule has 0 aliphatic carbocycles. The minimum atomic E-state index is -0.00720. The van der Waals surface area contributed by atoms with Gasteiger partial charge in [0, 0.05) is 16.3 Å². The average Bonchev–Trinajstić information content (AvgIpc) is 2.74. The molecule has 0 saturated carbocycles. The first-order valence-corrected chi connectivity index (χ1v) is 5.80. The Balaban J connectivity index is 1.95. The summed E-state index contributed by atoms with van der Waals surface area (Å²) in [6.45, 7) is 0. The molecular weight excluding hydrogens is 220 g/mol. The van der Waals surface area contributed by atoms with Crippen LogP contribution in [-0.4, -0.2) is 5.91 Å². The molecule has 0 unspecified atom stereocenters. The molecule has 0 bridgehead atoms. The zero-order valence-electron chi connectivity index (χ0n) is 8.64. The Hall–Kier alpha value is -1.81. The minimum Gasteiger partial charge on any atom is -0.399 e. The first-order chi connectivity index (χ1) is 7.74. The lowest BCUT2D eigenvalue weighted by Crippen LogP contribution is -2.13. The number of anilines is 2. The van der Waals surface area contributed by atoms with E-state index in [1.807, 2.05) is 17.5 Å². The first kappa shape index (κ1) is 10.7. The first-order valence-electron chi connectivity index (χ1n) is 4.92. The molecule has 16 heavy (non-hydrogen) atoms. The number of nitrogens with two attached hydrogens (primary N) is 1. The summed E-state index contributed by atoms with van der Waals surface area (Å²) >= 11 is 1.58. The van der Waals surface area contributed by atoms with Crippen LogP contribution in [0.1, 0.15) is 4.88 Å². The van der Waals surface area contributed by atoms with Gasteiger partial charge >= 0.3 is 0 Å². The van der Waals surface area contributed by atoms with Crippen molar-refractivity contribution in [1.82, 2.24) is 0 Å². The van der Waals surface area contributed by atoms with Crippen LogP contribution in [0.2, 0.25) is 0 Å². The van der Waals surface area contributed by atoms with E-state index in [9.17, 15) is 4.79 Å². The molecule has 0 atom stereocenters. The summed E-state index contributed by atoms with van der Waals surface area (Å²) in [6.07, 6.45) is 0.419.